The monoisotopic (exact) mass is 428 g/mol. The van der Waals surface area contributed by atoms with E-state index in [1.54, 1.807) is 20.4 Å². The van der Waals surface area contributed by atoms with E-state index in [1.807, 2.05) is 18.2 Å². The van der Waals surface area contributed by atoms with Crippen molar-refractivity contribution in [1.82, 2.24) is 15.3 Å². The Morgan fingerprint density at radius 1 is 1.23 bits per heavy atom. The summed E-state index contributed by atoms with van der Waals surface area (Å²) in [5.41, 5.74) is 1.82. The van der Waals surface area contributed by atoms with Crippen molar-refractivity contribution in [3.63, 3.8) is 0 Å². The van der Waals surface area contributed by atoms with E-state index in [9.17, 15) is 0 Å². The average molecular weight is 429 g/mol. The Hall–Kier alpha value is -3.12. The molecule has 0 spiro atoms. The quantitative estimate of drug-likeness (QED) is 0.523. The lowest BCUT2D eigenvalue weighted by Crippen LogP contribution is -2.32. The summed E-state index contributed by atoms with van der Waals surface area (Å²) in [4.78, 5) is 10.6. The van der Waals surface area contributed by atoms with E-state index < -0.39 is 0 Å². The molecular formula is C21H28N6O2S. The van der Waals surface area contributed by atoms with Gasteiger partial charge in [0.15, 0.2) is 22.4 Å². The first-order valence-electron chi connectivity index (χ1n) is 9.80. The van der Waals surface area contributed by atoms with Crippen LogP contribution in [0.15, 0.2) is 30.7 Å². The SMILES string of the molecule is CCCN(CCC#N)c1ncncc1NC(=S)NCCc1ccc(OC)c(OC)c1. The lowest BCUT2D eigenvalue weighted by atomic mass is 10.1. The van der Waals surface area contributed by atoms with Crippen LogP contribution in [0, 0.1) is 11.3 Å². The van der Waals surface area contributed by atoms with Gasteiger partial charge in [0.25, 0.3) is 0 Å². The zero-order chi connectivity index (χ0) is 21.8. The molecule has 2 aromatic rings. The van der Waals surface area contributed by atoms with E-state index in [0.717, 1.165) is 30.8 Å². The number of aromatic nitrogens is 2. The first kappa shape index (κ1) is 23.2. The molecule has 9 heteroatoms. The van der Waals surface area contributed by atoms with E-state index in [1.165, 1.54) is 6.33 Å². The van der Waals surface area contributed by atoms with Crippen LogP contribution in [-0.2, 0) is 6.42 Å². The molecule has 2 N–H and O–H groups in total. The molecule has 0 aliphatic rings. The molecule has 0 aliphatic carbocycles. The predicted molar refractivity (Wildman–Crippen MR) is 122 cm³/mol. The molecule has 0 aliphatic heterocycles. The highest BCUT2D eigenvalue weighted by Gasteiger charge is 2.13. The molecule has 0 fully saturated rings. The molecule has 1 aromatic carbocycles. The van der Waals surface area contributed by atoms with E-state index in [4.69, 9.17) is 27.0 Å². The number of nitrogens with zero attached hydrogens (tertiary/aromatic N) is 4. The average Bonchev–Trinajstić information content (AvgIpc) is 2.77. The maximum absolute atomic E-state index is 8.93. The van der Waals surface area contributed by atoms with Crippen molar-refractivity contribution in [3.05, 3.63) is 36.3 Å². The highest BCUT2D eigenvalue weighted by atomic mass is 32.1. The second-order valence-corrected chi connectivity index (χ2v) is 6.88. The molecule has 0 bridgehead atoms. The lowest BCUT2D eigenvalue weighted by Gasteiger charge is -2.24. The minimum atomic E-state index is 0.428. The number of methoxy groups -OCH3 is 2. The summed E-state index contributed by atoms with van der Waals surface area (Å²) < 4.78 is 10.6. The van der Waals surface area contributed by atoms with Crippen molar-refractivity contribution in [3.8, 4) is 17.6 Å². The smallest absolute Gasteiger partial charge is 0.170 e. The van der Waals surface area contributed by atoms with Crippen LogP contribution in [0.2, 0.25) is 0 Å². The molecule has 0 radical (unpaired) electrons. The summed E-state index contributed by atoms with van der Waals surface area (Å²) >= 11 is 5.44. The Morgan fingerprint density at radius 2 is 2.03 bits per heavy atom. The molecule has 0 amide bonds. The standard InChI is InChI=1S/C21H28N6O2S/c1-4-11-27(12-5-9-22)20-17(14-23-15-25-20)26-21(30)24-10-8-16-6-7-18(28-2)19(13-16)29-3/h6-7,13-15H,4-5,8,10-12H2,1-3H3,(H2,24,26,30). The Labute approximate surface area is 183 Å². The Morgan fingerprint density at radius 3 is 2.73 bits per heavy atom. The summed E-state index contributed by atoms with van der Waals surface area (Å²) in [6.07, 6.45) is 5.34. The van der Waals surface area contributed by atoms with Gasteiger partial charge in [-0.15, -0.1) is 0 Å². The summed E-state index contributed by atoms with van der Waals surface area (Å²) in [5, 5.41) is 15.8. The Balaban J connectivity index is 1.96. The van der Waals surface area contributed by atoms with Crippen molar-refractivity contribution < 1.29 is 9.47 Å². The number of anilines is 2. The summed E-state index contributed by atoms with van der Waals surface area (Å²) in [7, 11) is 3.24. The number of hydrogen-bond acceptors (Lipinski definition) is 7. The maximum atomic E-state index is 8.93. The van der Waals surface area contributed by atoms with Gasteiger partial charge in [-0.25, -0.2) is 9.97 Å². The highest BCUT2D eigenvalue weighted by molar-refractivity contribution is 7.80. The van der Waals surface area contributed by atoms with Gasteiger partial charge in [-0.3, -0.25) is 0 Å². The third-order valence-corrected chi connectivity index (χ3v) is 4.62. The fourth-order valence-electron chi connectivity index (χ4n) is 2.96. The largest absolute Gasteiger partial charge is 0.493 e. The van der Waals surface area contributed by atoms with Crippen molar-refractivity contribution >= 4 is 28.8 Å². The van der Waals surface area contributed by atoms with Crippen LogP contribution >= 0.6 is 12.2 Å². The zero-order valence-electron chi connectivity index (χ0n) is 17.6. The van der Waals surface area contributed by atoms with Crippen LogP contribution in [-0.4, -0.2) is 48.9 Å². The number of rotatable bonds is 11. The third kappa shape index (κ3) is 6.74. The molecule has 1 heterocycles. The summed E-state index contributed by atoms with van der Waals surface area (Å²) in [6, 6.07) is 8.03. The van der Waals surface area contributed by atoms with Crippen LogP contribution in [0.1, 0.15) is 25.3 Å². The van der Waals surface area contributed by atoms with E-state index >= 15 is 0 Å². The molecule has 0 atom stereocenters. The van der Waals surface area contributed by atoms with Gasteiger partial charge >= 0.3 is 0 Å². The van der Waals surface area contributed by atoms with Gasteiger partial charge in [-0.2, -0.15) is 5.26 Å². The highest BCUT2D eigenvalue weighted by Crippen LogP contribution is 2.27. The first-order chi connectivity index (χ1) is 14.6. The molecule has 0 saturated heterocycles. The van der Waals surface area contributed by atoms with Crippen LogP contribution in [0.3, 0.4) is 0 Å². The number of nitrogens with one attached hydrogen (secondary N) is 2. The van der Waals surface area contributed by atoms with Crippen molar-refractivity contribution in [1.29, 1.82) is 5.26 Å². The number of hydrogen-bond donors (Lipinski definition) is 2. The number of ether oxygens (including phenoxy) is 2. The van der Waals surface area contributed by atoms with E-state index in [2.05, 4.69) is 38.5 Å². The third-order valence-electron chi connectivity index (χ3n) is 4.37. The topological polar surface area (TPSA) is 95.3 Å². The predicted octanol–water partition coefficient (Wildman–Crippen LogP) is 3.15. The summed E-state index contributed by atoms with van der Waals surface area (Å²) in [6.45, 7) is 4.15. The number of thiocarbonyl (C=S) groups is 1. The van der Waals surface area contributed by atoms with Crippen molar-refractivity contribution in [2.75, 3.05) is 44.1 Å². The molecule has 8 nitrogen and oxygen atoms in total. The molecule has 2 rings (SSSR count). The number of benzene rings is 1. The Bertz CT molecular complexity index is 871. The zero-order valence-corrected chi connectivity index (χ0v) is 18.5. The maximum Gasteiger partial charge on any atom is 0.170 e. The van der Waals surface area contributed by atoms with Crippen LogP contribution in [0.25, 0.3) is 0 Å². The minimum Gasteiger partial charge on any atom is -0.493 e. The van der Waals surface area contributed by atoms with E-state index in [-0.39, 0.29) is 0 Å². The minimum absolute atomic E-state index is 0.428. The Kier molecular flexibility index (Phi) is 9.61. The fraction of sp³-hybridized carbons (Fsp3) is 0.429. The molecule has 0 unspecified atom stereocenters. The van der Waals surface area contributed by atoms with Gasteiger partial charge in [0, 0.05) is 19.6 Å². The van der Waals surface area contributed by atoms with Gasteiger partial charge in [-0.1, -0.05) is 13.0 Å². The van der Waals surface area contributed by atoms with E-state index in [0.29, 0.717) is 41.8 Å². The van der Waals surface area contributed by atoms with Gasteiger partial charge in [0.1, 0.15) is 12.0 Å². The van der Waals surface area contributed by atoms with Crippen molar-refractivity contribution in [2.24, 2.45) is 0 Å². The molecule has 0 saturated carbocycles. The van der Waals surface area contributed by atoms with Crippen LogP contribution in [0.4, 0.5) is 11.5 Å². The second kappa shape index (κ2) is 12.4. The van der Waals surface area contributed by atoms with Crippen molar-refractivity contribution in [2.45, 2.75) is 26.2 Å². The van der Waals surface area contributed by atoms with Crippen LogP contribution < -0.4 is 25.0 Å². The molecule has 160 valence electrons. The molecule has 30 heavy (non-hydrogen) atoms. The first-order valence-corrected chi connectivity index (χ1v) is 10.2. The number of nitriles is 1. The van der Waals surface area contributed by atoms with Gasteiger partial charge in [0.2, 0.25) is 0 Å². The molecular weight excluding hydrogens is 400 g/mol. The molecule has 1 aromatic heterocycles. The summed E-state index contributed by atoms with van der Waals surface area (Å²) in [5.74, 6) is 2.15. The fourth-order valence-corrected chi connectivity index (χ4v) is 3.18. The van der Waals surface area contributed by atoms with Gasteiger partial charge < -0.3 is 25.0 Å². The van der Waals surface area contributed by atoms with Gasteiger partial charge in [-0.05, 0) is 42.8 Å². The van der Waals surface area contributed by atoms with Gasteiger partial charge in [0.05, 0.1) is 32.9 Å². The van der Waals surface area contributed by atoms with Crippen LogP contribution in [0.5, 0.6) is 11.5 Å². The lowest BCUT2D eigenvalue weighted by molar-refractivity contribution is 0.354. The normalized spacial score (nSPS) is 10.1. The second-order valence-electron chi connectivity index (χ2n) is 6.48.